The minimum absolute atomic E-state index is 0.149. The molecule has 2 rings (SSSR count). The molecule has 0 saturated heterocycles. The summed E-state index contributed by atoms with van der Waals surface area (Å²) in [6, 6.07) is 13.6. The fourth-order valence-electron chi connectivity index (χ4n) is 2.43. The number of rotatable bonds is 10. The number of hydrogen-bond donors (Lipinski definition) is 2. The third-order valence-corrected chi connectivity index (χ3v) is 3.97. The van der Waals surface area contributed by atoms with E-state index in [0.29, 0.717) is 25.4 Å². The average molecular weight is 372 g/mol. The molecule has 0 bridgehead atoms. The van der Waals surface area contributed by atoms with E-state index in [0.717, 1.165) is 12.2 Å². The summed E-state index contributed by atoms with van der Waals surface area (Å²) in [5, 5.41) is 17.2. The van der Waals surface area contributed by atoms with Crippen LogP contribution in [0.15, 0.2) is 48.5 Å². The summed E-state index contributed by atoms with van der Waals surface area (Å²) in [6.45, 7) is 2.48. The van der Waals surface area contributed by atoms with Crippen molar-refractivity contribution < 1.29 is 14.5 Å². The number of methoxy groups -OCH3 is 1. The topological polar surface area (TPSA) is 96.7 Å². The SMILES string of the molecule is COCCN(C)CCNC(=O)c1ccc(Nc2ccccc2)c([N+](=O)[O-])c1. The maximum atomic E-state index is 12.3. The number of carbonyl (C=O) groups excluding carboxylic acids is 1. The molecule has 0 aliphatic heterocycles. The molecule has 0 unspecified atom stereocenters. The van der Waals surface area contributed by atoms with Gasteiger partial charge in [0.15, 0.2) is 0 Å². The van der Waals surface area contributed by atoms with Gasteiger partial charge in [-0.05, 0) is 31.3 Å². The lowest BCUT2D eigenvalue weighted by Crippen LogP contribution is -2.34. The molecule has 0 aliphatic rings. The number of nitro groups is 1. The van der Waals surface area contributed by atoms with Crippen LogP contribution in [-0.2, 0) is 4.74 Å². The quantitative estimate of drug-likeness (QED) is 0.492. The molecule has 0 spiro atoms. The van der Waals surface area contributed by atoms with Crippen molar-refractivity contribution in [2.75, 3.05) is 45.7 Å². The normalized spacial score (nSPS) is 10.6. The molecule has 8 nitrogen and oxygen atoms in total. The van der Waals surface area contributed by atoms with Crippen LogP contribution in [0.2, 0.25) is 0 Å². The van der Waals surface area contributed by atoms with Gasteiger partial charge in [-0.15, -0.1) is 0 Å². The Kier molecular flexibility index (Phi) is 7.72. The number of anilines is 2. The van der Waals surface area contributed by atoms with Gasteiger partial charge in [0.2, 0.25) is 0 Å². The third-order valence-electron chi connectivity index (χ3n) is 3.97. The van der Waals surface area contributed by atoms with Gasteiger partial charge in [0, 0.05) is 44.1 Å². The first kappa shape index (κ1) is 20.3. The van der Waals surface area contributed by atoms with Gasteiger partial charge in [0.25, 0.3) is 11.6 Å². The number of benzene rings is 2. The van der Waals surface area contributed by atoms with Crippen molar-refractivity contribution in [1.82, 2.24) is 10.2 Å². The van der Waals surface area contributed by atoms with Crippen LogP contribution in [0.5, 0.6) is 0 Å². The highest BCUT2D eigenvalue weighted by Crippen LogP contribution is 2.28. The van der Waals surface area contributed by atoms with Gasteiger partial charge >= 0.3 is 0 Å². The summed E-state index contributed by atoms with van der Waals surface area (Å²) in [6.07, 6.45) is 0. The Morgan fingerprint density at radius 1 is 1.19 bits per heavy atom. The van der Waals surface area contributed by atoms with Crippen LogP contribution in [0.4, 0.5) is 17.1 Å². The number of hydrogen-bond acceptors (Lipinski definition) is 6. The second-order valence-corrected chi connectivity index (χ2v) is 6.03. The zero-order valence-electron chi connectivity index (χ0n) is 15.5. The molecular formula is C19H24N4O4. The van der Waals surface area contributed by atoms with Crippen LogP contribution in [-0.4, -0.2) is 56.1 Å². The number of para-hydroxylation sites is 1. The predicted octanol–water partition coefficient (Wildman–Crippen LogP) is 2.65. The fraction of sp³-hybridized carbons (Fsp3) is 0.316. The van der Waals surface area contributed by atoms with Crippen molar-refractivity contribution >= 4 is 23.0 Å². The maximum absolute atomic E-state index is 12.3. The first-order chi connectivity index (χ1) is 13.0. The highest BCUT2D eigenvalue weighted by molar-refractivity contribution is 5.95. The molecule has 1 amide bonds. The third kappa shape index (κ3) is 6.36. The standard InChI is InChI=1S/C19H24N4O4/c1-22(12-13-27-2)11-10-20-19(24)15-8-9-17(18(14-15)23(25)26)21-16-6-4-3-5-7-16/h3-9,14,21H,10-13H2,1-2H3,(H,20,24). The summed E-state index contributed by atoms with van der Waals surface area (Å²) >= 11 is 0. The van der Waals surface area contributed by atoms with E-state index in [1.54, 1.807) is 19.2 Å². The second-order valence-electron chi connectivity index (χ2n) is 6.03. The van der Waals surface area contributed by atoms with Crippen molar-refractivity contribution in [1.29, 1.82) is 0 Å². The van der Waals surface area contributed by atoms with E-state index in [-0.39, 0.29) is 17.2 Å². The number of likely N-dealkylation sites (N-methyl/N-ethyl adjacent to an activating group) is 1. The van der Waals surface area contributed by atoms with E-state index < -0.39 is 4.92 Å². The molecule has 0 saturated carbocycles. The van der Waals surface area contributed by atoms with E-state index in [1.165, 1.54) is 6.07 Å². The first-order valence-electron chi connectivity index (χ1n) is 8.57. The molecule has 0 aliphatic carbocycles. The molecule has 8 heteroatoms. The Bertz CT molecular complexity index is 768. The number of carbonyl (C=O) groups is 1. The molecule has 0 fully saturated rings. The summed E-state index contributed by atoms with van der Waals surface area (Å²) in [7, 11) is 3.57. The van der Waals surface area contributed by atoms with E-state index in [1.807, 2.05) is 42.3 Å². The van der Waals surface area contributed by atoms with Crippen LogP contribution >= 0.6 is 0 Å². The summed E-state index contributed by atoms with van der Waals surface area (Å²) in [5.74, 6) is -0.343. The van der Waals surface area contributed by atoms with Gasteiger partial charge in [-0.25, -0.2) is 0 Å². The van der Waals surface area contributed by atoms with Crippen LogP contribution in [0.25, 0.3) is 0 Å². The lowest BCUT2D eigenvalue weighted by atomic mass is 10.1. The van der Waals surface area contributed by atoms with E-state index in [4.69, 9.17) is 4.74 Å². The number of ether oxygens (including phenoxy) is 1. The van der Waals surface area contributed by atoms with Crippen molar-refractivity contribution in [2.24, 2.45) is 0 Å². The monoisotopic (exact) mass is 372 g/mol. The summed E-state index contributed by atoms with van der Waals surface area (Å²) in [5.41, 5.74) is 1.17. The molecule has 0 heterocycles. The number of nitro benzene ring substituents is 1. The van der Waals surface area contributed by atoms with Gasteiger partial charge < -0.3 is 20.3 Å². The second kappa shape index (κ2) is 10.2. The molecule has 2 aromatic carbocycles. The molecule has 0 radical (unpaired) electrons. The van der Waals surface area contributed by atoms with Crippen LogP contribution < -0.4 is 10.6 Å². The predicted molar refractivity (Wildman–Crippen MR) is 105 cm³/mol. The molecule has 0 atom stereocenters. The Morgan fingerprint density at radius 2 is 1.93 bits per heavy atom. The molecule has 2 N–H and O–H groups in total. The molecule has 0 aromatic heterocycles. The highest BCUT2D eigenvalue weighted by atomic mass is 16.6. The minimum atomic E-state index is -0.499. The Hall–Kier alpha value is -2.97. The largest absolute Gasteiger partial charge is 0.383 e. The average Bonchev–Trinajstić information content (AvgIpc) is 2.67. The molecular weight excluding hydrogens is 348 g/mol. The van der Waals surface area contributed by atoms with Crippen molar-refractivity contribution in [3.63, 3.8) is 0 Å². The number of nitrogens with one attached hydrogen (secondary N) is 2. The van der Waals surface area contributed by atoms with Gasteiger partial charge in [-0.3, -0.25) is 14.9 Å². The molecule has 27 heavy (non-hydrogen) atoms. The smallest absolute Gasteiger partial charge is 0.293 e. The first-order valence-corrected chi connectivity index (χ1v) is 8.57. The lowest BCUT2D eigenvalue weighted by Gasteiger charge is -2.16. The molecule has 144 valence electrons. The fourth-order valence-corrected chi connectivity index (χ4v) is 2.43. The van der Waals surface area contributed by atoms with Crippen molar-refractivity contribution in [3.05, 3.63) is 64.2 Å². The van der Waals surface area contributed by atoms with Crippen LogP contribution in [0.1, 0.15) is 10.4 Å². The number of nitrogens with zero attached hydrogens (tertiary/aromatic N) is 2. The lowest BCUT2D eigenvalue weighted by molar-refractivity contribution is -0.383. The van der Waals surface area contributed by atoms with Crippen LogP contribution in [0, 0.1) is 10.1 Å². The Labute approximate surface area is 158 Å². The maximum Gasteiger partial charge on any atom is 0.293 e. The van der Waals surface area contributed by atoms with Crippen molar-refractivity contribution in [2.45, 2.75) is 0 Å². The van der Waals surface area contributed by atoms with E-state index in [2.05, 4.69) is 10.6 Å². The van der Waals surface area contributed by atoms with Crippen LogP contribution in [0.3, 0.4) is 0 Å². The summed E-state index contributed by atoms with van der Waals surface area (Å²) < 4.78 is 5.00. The van der Waals surface area contributed by atoms with Gasteiger partial charge in [-0.1, -0.05) is 18.2 Å². The van der Waals surface area contributed by atoms with Gasteiger partial charge in [0.1, 0.15) is 5.69 Å². The Morgan fingerprint density at radius 3 is 2.59 bits per heavy atom. The zero-order valence-corrected chi connectivity index (χ0v) is 15.5. The summed E-state index contributed by atoms with van der Waals surface area (Å²) in [4.78, 5) is 25.2. The highest BCUT2D eigenvalue weighted by Gasteiger charge is 2.17. The number of amides is 1. The van der Waals surface area contributed by atoms with E-state index >= 15 is 0 Å². The Balaban J connectivity index is 2.02. The minimum Gasteiger partial charge on any atom is -0.383 e. The molecule has 2 aromatic rings. The van der Waals surface area contributed by atoms with Gasteiger partial charge in [0.05, 0.1) is 11.5 Å². The van der Waals surface area contributed by atoms with Gasteiger partial charge in [-0.2, -0.15) is 0 Å². The van der Waals surface area contributed by atoms with E-state index in [9.17, 15) is 14.9 Å². The zero-order chi connectivity index (χ0) is 19.6. The van der Waals surface area contributed by atoms with Crippen molar-refractivity contribution in [3.8, 4) is 0 Å².